The minimum absolute atomic E-state index is 0.133. The quantitative estimate of drug-likeness (QED) is 0.173. The molecule has 3 aromatic carbocycles. The van der Waals surface area contributed by atoms with E-state index in [0.717, 1.165) is 42.6 Å². The minimum Gasteiger partial charge on any atom is -0.457 e. The summed E-state index contributed by atoms with van der Waals surface area (Å²) in [5.41, 5.74) is 3.64. The highest BCUT2D eigenvalue weighted by atomic mass is 16.5. The highest BCUT2D eigenvalue weighted by molar-refractivity contribution is 5.80. The lowest BCUT2D eigenvalue weighted by Crippen LogP contribution is -2.37. The van der Waals surface area contributed by atoms with Crippen LogP contribution >= 0.6 is 0 Å². The number of ether oxygens (including phenoxy) is 1. The second-order valence-electron chi connectivity index (χ2n) is 12.5. The molecule has 5 aromatic rings. The average molecular weight is 619 g/mol. The summed E-state index contributed by atoms with van der Waals surface area (Å²) in [5, 5.41) is 12.8. The third kappa shape index (κ3) is 6.44. The number of amides is 1. The van der Waals surface area contributed by atoms with Gasteiger partial charge in [0.2, 0.25) is 17.7 Å². The summed E-state index contributed by atoms with van der Waals surface area (Å²) in [4.78, 5) is 21.8. The number of carbonyl (C=O) groups excluding carboxylic acids is 1. The van der Waals surface area contributed by atoms with Crippen LogP contribution in [0.15, 0.2) is 81.7 Å². The van der Waals surface area contributed by atoms with Gasteiger partial charge in [-0.3, -0.25) is 4.79 Å². The number of nitrogens with zero attached hydrogens (tertiary/aromatic N) is 6. The van der Waals surface area contributed by atoms with Crippen molar-refractivity contribution in [3.05, 3.63) is 95.6 Å². The molecule has 0 spiro atoms. The maximum Gasteiger partial charge on any atom is 0.257 e. The molecule has 10 heteroatoms. The molecule has 236 valence electrons. The van der Waals surface area contributed by atoms with Gasteiger partial charge in [-0.25, -0.2) is 0 Å². The normalized spacial score (nSPS) is 17.7. The van der Waals surface area contributed by atoms with Gasteiger partial charge in [-0.2, -0.15) is 4.98 Å². The molecule has 2 saturated heterocycles. The molecule has 1 amide bonds. The molecular weight excluding hydrogens is 580 g/mol. The van der Waals surface area contributed by atoms with Crippen molar-refractivity contribution in [2.24, 2.45) is 0 Å². The molecule has 7 rings (SSSR count). The van der Waals surface area contributed by atoms with E-state index in [1.165, 1.54) is 5.56 Å². The first kappa shape index (κ1) is 29.9. The van der Waals surface area contributed by atoms with Crippen LogP contribution in [0.5, 0.6) is 11.5 Å². The summed E-state index contributed by atoms with van der Waals surface area (Å²) >= 11 is 0. The number of aromatic nitrogens is 4. The topological polar surface area (TPSA) is 111 Å². The number of likely N-dealkylation sites (tertiary alicyclic amines) is 2. The lowest BCUT2D eigenvalue weighted by Gasteiger charge is -2.33. The molecule has 2 aliphatic heterocycles. The second-order valence-corrected chi connectivity index (χ2v) is 12.5. The van der Waals surface area contributed by atoms with Crippen LogP contribution in [0.2, 0.25) is 0 Å². The van der Waals surface area contributed by atoms with Crippen LogP contribution in [-0.2, 0) is 11.3 Å². The number of rotatable bonds is 9. The zero-order valence-electron chi connectivity index (χ0n) is 26.4. The van der Waals surface area contributed by atoms with Crippen molar-refractivity contribution in [1.82, 2.24) is 30.1 Å². The molecule has 2 aromatic heterocycles. The Morgan fingerprint density at radius 2 is 1.67 bits per heavy atom. The van der Waals surface area contributed by atoms with E-state index in [9.17, 15) is 4.79 Å². The van der Waals surface area contributed by atoms with Crippen molar-refractivity contribution in [3.63, 3.8) is 0 Å². The third-order valence-electron chi connectivity index (χ3n) is 9.07. The molecule has 0 radical (unpaired) electrons. The fourth-order valence-electron chi connectivity index (χ4n) is 6.38. The molecule has 4 heterocycles. The van der Waals surface area contributed by atoms with Gasteiger partial charge in [0.25, 0.3) is 5.89 Å². The zero-order valence-corrected chi connectivity index (χ0v) is 26.4. The fourth-order valence-corrected chi connectivity index (χ4v) is 6.38. The smallest absolute Gasteiger partial charge is 0.257 e. The maximum atomic E-state index is 13.1. The lowest BCUT2D eigenvalue weighted by atomic mass is 9.96. The Kier molecular flexibility index (Phi) is 8.36. The lowest BCUT2D eigenvalue weighted by molar-refractivity contribution is -0.128. The predicted octanol–water partition coefficient (Wildman–Crippen LogP) is 6.99. The highest BCUT2D eigenvalue weighted by Crippen LogP contribution is 2.36. The van der Waals surface area contributed by atoms with Crippen LogP contribution in [-0.4, -0.2) is 61.7 Å². The van der Waals surface area contributed by atoms with Gasteiger partial charge in [-0.15, -0.1) is 10.2 Å². The number of benzene rings is 3. The summed E-state index contributed by atoms with van der Waals surface area (Å²) in [6.45, 7) is 9.40. The predicted molar refractivity (Wildman–Crippen MR) is 172 cm³/mol. The van der Waals surface area contributed by atoms with Crippen LogP contribution in [0.3, 0.4) is 0 Å². The Hall–Kier alpha value is -4.83. The number of carbonyl (C=O) groups is 1. The van der Waals surface area contributed by atoms with E-state index in [4.69, 9.17) is 13.7 Å². The third-order valence-corrected chi connectivity index (χ3v) is 9.07. The van der Waals surface area contributed by atoms with Gasteiger partial charge in [0, 0.05) is 54.1 Å². The van der Waals surface area contributed by atoms with E-state index in [1.54, 1.807) is 6.92 Å². The number of hydrogen-bond donors (Lipinski definition) is 0. The molecule has 0 N–H and O–H groups in total. The van der Waals surface area contributed by atoms with Crippen LogP contribution in [0.1, 0.15) is 67.8 Å². The van der Waals surface area contributed by atoms with Gasteiger partial charge in [-0.1, -0.05) is 41.6 Å². The molecule has 1 atom stereocenters. The van der Waals surface area contributed by atoms with E-state index in [-0.39, 0.29) is 17.7 Å². The zero-order chi connectivity index (χ0) is 31.6. The molecule has 0 bridgehead atoms. The molecular formula is C36H38N6O4. The van der Waals surface area contributed by atoms with Crippen LogP contribution in [0.4, 0.5) is 0 Å². The number of piperidine rings is 1. The largest absolute Gasteiger partial charge is 0.457 e. The Bertz CT molecular complexity index is 1790. The SMILES string of the molecule is Cc1noc(-c2ccc(Oc3cc(-c4nnc(C5CCN(C(C)C)CC5)o4)ccc3CN3CC(c4ccccc4)CC3=O)cc2)n1. The van der Waals surface area contributed by atoms with E-state index in [1.807, 2.05) is 65.6 Å². The van der Waals surface area contributed by atoms with Gasteiger partial charge in [-0.05, 0) is 88.7 Å². The van der Waals surface area contributed by atoms with E-state index in [0.29, 0.717) is 60.5 Å². The Balaban J connectivity index is 1.14. The van der Waals surface area contributed by atoms with Gasteiger partial charge >= 0.3 is 0 Å². The monoisotopic (exact) mass is 618 g/mol. The Labute approximate surface area is 268 Å². The standard InChI is InChI=1S/C36H38N6O4/c1-23(2)41-17-15-27(16-18-41)35-38-39-36(45-35)28-9-10-29(21-42-22-30(20-33(42)43)25-7-5-4-6-8-25)32(19-28)44-31-13-11-26(12-14-31)34-37-24(3)40-46-34/h4-14,19,23,27,30H,15-18,20-22H2,1-3H3. The first-order chi connectivity index (χ1) is 22.4. The van der Waals surface area contributed by atoms with Gasteiger partial charge in [0.05, 0.1) is 0 Å². The van der Waals surface area contributed by atoms with Crippen molar-refractivity contribution in [3.8, 4) is 34.4 Å². The first-order valence-electron chi connectivity index (χ1n) is 16.0. The molecule has 10 nitrogen and oxygen atoms in total. The molecule has 46 heavy (non-hydrogen) atoms. The Morgan fingerprint density at radius 3 is 2.39 bits per heavy atom. The van der Waals surface area contributed by atoms with Crippen molar-refractivity contribution < 1.29 is 18.5 Å². The summed E-state index contributed by atoms with van der Waals surface area (Å²) in [5.74, 6) is 3.99. The van der Waals surface area contributed by atoms with Crippen LogP contribution in [0.25, 0.3) is 22.9 Å². The summed E-state index contributed by atoms with van der Waals surface area (Å²) in [6.07, 6.45) is 2.50. The summed E-state index contributed by atoms with van der Waals surface area (Å²) in [6, 6.07) is 24.2. The van der Waals surface area contributed by atoms with Crippen molar-refractivity contribution >= 4 is 5.91 Å². The highest BCUT2D eigenvalue weighted by Gasteiger charge is 2.31. The van der Waals surface area contributed by atoms with Crippen molar-refractivity contribution in [1.29, 1.82) is 0 Å². The maximum absolute atomic E-state index is 13.1. The number of aryl methyl sites for hydroxylation is 1. The van der Waals surface area contributed by atoms with Gasteiger partial charge in [0.15, 0.2) is 5.82 Å². The van der Waals surface area contributed by atoms with E-state index >= 15 is 0 Å². The van der Waals surface area contributed by atoms with Gasteiger partial charge < -0.3 is 23.5 Å². The van der Waals surface area contributed by atoms with Gasteiger partial charge in [0.1, 0.15) is 11.5 Å². The van der Waals surface area contributed by atoms with Crippen LogP contribution in [0, 0.1) is 6.92 Å². The fraction of sp³-hybridized carbons (Fsp3) is 0.361. The summed E-state index contributed by atoms with van der Waals surface area (Å²) < 4.78 is 18.0. The molecule has 0 aliphatic carbocycles. The van der Waals surface area contributed by atoms with E-state index < -0.39 is 0 Å². The summed E-state index contributed by atoms with van der Waals surface area (Å²) in [7, 11) is 0. The first-order valence-corrected chi connectivity index (χ1v) is 16.0. The average Bonchev–Trinajstić information content (AvgIpc) is 3.83. The van der Waals surface area contributed by atoms with E-state index in [2.05, 4.69) is 51.2 Å². The van der Waals surface area contributed by atoms with Crippen molar-refractivity contribution in [2.75, 3.05) is 19.6 Å². The minimum atomic E-state index is 0.133. The molecule has 2 fully saturated rings. The number of hydrogen-bond acceptors (Lipinski definition) is 9. The van der Waals surface area contributed by atoms with Crippen molar-refractivity contribution in [2.45, 2.75) is 64.5 Å². The second kappa shape index (κ2) is 12.9. The molecule has 2 aliphatic rings. The Morgan fingerprint density at radius 1 is 0.913 bits per heavy atom. The molecule has 0 saturated carbocycles. The molecule has 1 unspecified atom stereocenters. The van der Waals surface area contributed by atoms with Crippen LogP contribution < -0.4 is 4.74 Å².